The minimum atomic E-state index is 0.813. The topological polar surface area (TPSA) is 35.5 Å². The molecule has 0 aliphatic heterocycles. The summed E-state index contributed by atoms with van der Waals surface area (Å²) in [5, 5.41) is 5.45. The molecule has 0 fully saturated rings. The van der Waals surface area contributed by atoms with E-state index in [9.17, 15) is 0 Å². The molecule has 0 saturated heterocycles. The van der Waals surface area contributed by atoms with Crippen LogP contribution in [0.15, 0.2) is 76.1 Å². The van der Waals surface area contributed by atoms with Gasteiger partial charge in [0.1, 0.15) is 28.3 Å². The lowest BCUT2D eigenvalue weighted by atomic mass is 10.0. The first-order valence-corrected chi connectivity index (χ1v) is 10.7. The second-order valence-corrected chi connectivity index (χ2v) is 8.34. The van der Waals surface area contributed by atoms with Gasteiger partial charge >= 0.3 is 0 Å². The third kappa shape index (κ3) is 2.61. The molecule has 6 aromatic rings. The molecule has 6 rings (SSSR count). The van der Waals surface area contributed by atoms with Gasteiger partial charge in [-0.05, 0) is 61.2 Å². The molecule has 156 valence electrons. The summed E-state index contributed by atoms with van der Waals surface area (Å²) in [6.07, 6.45) is 1.86. The smallest absolute Gasteiger partial charge is 0.143 e. The van der Waals surface area contributed by atoms with Gasteiger partial charge in [0.15, 0.2) is 0 Å². The minimum Gasteiger partial charge on any atom is -0.497 e. The molecular formula is C29H22O3. The molecule has 3 heteroatoms. The highest BCUT2D eigenvalue weighted by Crippen LogP contribution is 2.41. The molecule has 0 unspecified atom stereocenters. The molecular weight excluding hydrogens is 396 g/mol. The van der Waals surface area contributed by atoms with Crippen molar-refractivity contribution in [2.75, 3.05) is 7.11 Å². The Bertz CT molecular complexity index is 1690. The Morgan fingerprint density at radius 3 is 2.34 bits per heavy atom. The number of furan rings is 2. The van der Waals surface area contributed by atoms with Gasteiger partial charge < -0.3 is 13.6 Å². The van der Waals surface area contributed by atoms with E-state index in [4.69, 9.17) is 13.6 Å². The van der Waals surface area contributed by atoms with Gasteiger partial charge in [-0.25, -0.2) is 0 Å². The van der Waals surface area contributed by atoms with E-state index in [-0.39, 0.29) is 0 Å². The first kappa shape index (κ1) is 18.8. The lowest BCUT2D eigenvalue weighted by Gasteiger charge is -2.06. The zero-order valence-electron chi connectivity index (χ0n) is 18.3. The van der Waals surface area contributed by atoms with Crippen molar-refractivity contribution in [2.24, 2.45) is 0 Å². The predicted molar refractivity (Wildman–Crippen MR) is 133 cm³/mol. The molecule has 0 spiro atoms. The molecule has 0 aliphatic carbocycles. The molecule has 2 heterocycles. The number of hydrogen-bond donors (Lipinski definition) is 0. The second kappa shape index (κ2) is 6.76. The first-order valence-electron chi connectivity index (χ1n) is 10.7. The summed E-state index contributed by atoms with van der Waals surface area (Å²) in [6.45, 7) is 8.23. The Hall–Kier alpha value is -3.98. The summed E-state index contributed by atoms with van der Waals surface area (Å²) in [7, 11) is 1.68. The predicted octanol–water partition coefficient (Wildman–Crippen LogP) is 8.42. The van der Waals surface area contributed by atoms with Gasteiger partial charge in [-0.1, -0.05) is 42.5 Å². The van der Waals surface area contributed by atoms with Crippen LogP contribution in [-0.2, 0) is 0 Å². The van der Waals surface area contributed by atoms with Gasteiger partial charge in [0.05, 0.1) is 7.11 Å². The Labute approximate surface area is 185 Å². The van der Waals surface area contributed by atoms with Crippen molar-refractivity contribution in [2.45, 2.75) is 13.8 Å². The van der Waals surface area contributed by atoms with Crippen molar-refractivity contribution < 1.29 is 13.6 Å². The van der Waals surface area contributed by atoms with Crippen LogP contribution in [0.2, 0.25) is 0 Å². The number of rotatable bonds is 3. The maximum Gasteiger partial charge on any atom is 0.143 e. The van der Waals surface area contributed by atoms with E-state index in [0.717, 1.165) is 66.5 Å². The van der Waals surface area contributed by atoms with Crippen molar-refractivity contribution in [1.29, 1.82) is 0 Å². The first-order chi connectivity index (χ1) is 15.6. The normalized spacial score (nSPS) is 11.7. The van der Waals surface area contributed by atoms with Crippen molar-refractivity contribution >= 4 is 49.8 Å². The van der Waals surface area contributed by atoms with Crippen LogP contribution in [-0.4, -0.2) is 7.11 Å². The lowest BCUT2D eigenvalue weighted by molar-refractivity contribution is 0.414. The van der Waals surface area contributed by atoms with Gasteiger partial charge in [-0.2, -0.15) is 0 Å². The zero-order chi connectivity index (χ0) is 22.0. The average Bonchev–Trinajstić information content (AvgIpc) is 3.34. The second-order valence-electron chi connectivity index (χ2n) is 8.34. The van der Waals surface area contributed by atoms with Gasteiger partial charge in [-0.3, -0.25) is 0 Å². The van der Waals surface area contributed by atoms with E-state index in [0.29, 0.717) is 0 Å². The third-order valence-electron chi connectivity index (χ3n) is 6.34. The van der Waals surface area contributed by atoms with Crippen LogP contribution >= 0.6 is 0 Å². The standard InChI is InChI=1S/C29H22O3/c1-5-20-24-14-27-25(23-10-7-18-12-16(2)6-9-22(18)29(23)32-27)15-26(24)31-28(20)21-11-8-19(30-4)13-17(21)3/h5-15H,1H2,2-4H3. The van der Waals surface area contributed by atoms with E-state index in [1.807, 2.05) is 24.3 Å². The molecule has 0 amide bonds. The minimum absolute atomic E-state index is 0.813. The monoisotopic (exact) mass is 418 g/mol. The number of methoxy groups -OCH3 is 1. The van der Waals surface area contributed by atoms with E-state index < -0.39 is 0 Å². The number of aryl methyl sites for hydroxylation is 2. The molecule has 0 radical (unpaired) electrons. The lowest BCUT2D eigenvalue weighted by Crippen LogP contribution is -1.87. The van der Waals surface area contributed by atoms with Gasteiger partial charge in [0.2, 0.25) is 0 Å². The Kier molecular flexibility index (Phi) is 3.96. The van der Waals surface area contributed by atoms with E-state index in [1.54, 1.807) is 7.11 Å². The number of fused-ring (bicyclic) bond motifs is 6. The van der Waals surface area contributed by atoms with E-state index >= 15 is 0 Å². The number of ether oxygens (including phenoxy) is 1. The fourth-order valence-electron chi connectivity index (χ4n) is 4.71. The highest BCUT2D eigenvalue weighted by atomic mass is 16.5. The van der Waals surface area contributed by atoms with Gasteiger partial charge in [0, 0.05) is 32.7 Å². The maximum atomic E-state index is 6.41. The molecule has 32 heavy (non-hydrogen) atoms. The van der Waals surface area contributed by atoms with E-state index in [1.165, 1.54) is 10.9 Å². The highest BCUT2D eigenvalue weighted by Gasteiger charge is 2.19. The van der Waals surface area contributed by atoms with Crippen LogP contribution in [0.25, 0.3) is 61.1 Å². The molecule has 4 aromatic carbocycles. The molecule has 3 nitrogen and oxygen atoms in total. The summed E-state index contributed by atoms with van der Waals surface area (Å²) in [5.74, 6) is 1.64. The SMILES string of the molecule is C=Cc1c(-c2ccc(OC)cc2C)oc2cc3c(cc12)oc1c2ccc(C)cc2ccc31. The van der Waals surface area contributed by atoms with Crippen LogP contribution in [0.5, 0.6) is 5.75 Å². The molecule has 0 N–H and O–H groups in total. The summed E-state index contributed by atoms with van der Waals surface area (Å²) >= 11 is 0. The highest BCUT2D eigenvalue weighted by molar-refractivity contribution is 6.17. The fraction of sp³-hybridized carbons (Fsp3) is 0.103. The Morgan fingerprint density at radius 1 is 0.781 bits per heavy atom. The van der Waals surface area contributed by atoms with Crippen molar-refractivity contribution in [3.8, 4) is 17.1 Å². The van der Waals surface area contributed by atoms with Crippen LogP contribution in [0.1, 0.15) is 16.7 Å². The quantitative estimate of drug-likeness (QED) is 0.289. The maximum absolute atomic E-state index is 6.41. The molecule has 0 bridgehead atoms. The van der Waals surface area contributed by atoms with Gasteiger partial charge in [0.25, 0.3) is 0 Å². The summed E-state index contributed by atoms with van der Waals surface area (Å²) < 4.78 is 18.2. The Morgan fingerprint density at radius 2 is 1.56 bits per heavy atom. The molecule has 0 atom stereocenters. The van der Waals surface area contributed by atoms with Gasteiger partial charge in [-0.15, -0.1) is 0 Å². The van der Waals surface area contributed by atoms with Crippen LogP contribution in [0.3, 0.4) is 0 Å². The van der Waals surface area contributed by atoms with Crippen molar-refractivity contribution in [1.82, 2.24) is 0 Å². The molecule has 0 aliphatic rings. The Balaban J connectivity index is 1.63. The summed E-state index contributed by atoms with van der Waals surface area (Å²) in [4.78, 5) is 0. The largest absolute Gasteiger partial charge is 0.497 e. The zero-order valence-corrected chi connectivity index (χ0v) is 18.3. The summed E-state index contributed by atoms with van der Waals surface area (Å²) in [5.41, 5.74) is 6.91. The molecule has 0 saturated carbocycles. The van der Waals surface area contributed by atoms with Crippen LogP contribution in [0.4, 0.5) is 0 Å². The fourth-order valence-corrected chi connectivity index (χ4v) is 4.71. The van der Waals surface area contributed by atoms with Crippen LogP contribution < -0.4 is 4.74 Å². The van der Waals surface area contributed by atoms with Crippen molar-refractivity contribution in [3.63, 3.8) is 0 Å². The number of benzene rings is 4. The third-order valence-corrected chi connectivity index (χ3v) is 6.34. The van der Waals surface area contributed by atoms with Crippen LogP contribution in [0, 0.1) is 13.8 Å². The average molecular weight is 418 g/mol. The molecule has 2 aromatic heterocycles. The number of hydrogen-bond acceptors (Lipinski definition) is 3. The van der Waals surface area contributed by atoms with E-state index in [2.05, 4.69) is 62.9 Å². The van der Waals surface area contributed by atoms with Crippen molar-refractivity contribution in [3.05, 3.63) is 83.9 Å². The summed E-state index contributed by atoms with van der Waals surface area (Å²) in [6, 6.07) is 20.9.